The van der Waals surface area contributed by atoms with Crippen LogP contribution in [0.4, 0.5) is 5.82 Å². The molecule has 1 saturated carbocycles. The second kappa shape index (κ2) is 4.94. The van der Waals surface area contributed by atoms with Crippen LogP contribution in [0.15, 0.2) is 24.7 Å². The molecule has 2 aromatic heterocycles. The van der Waals surface area contributed by atoms with Crippen molar-refractivity contribution in [3.05, 3.63) is 24.7 Å². The molecule has 1 aliphatic rings. The summed E-state index contributed by atoms with van der Waals surface area (Å²) in [5.41, 5.74) is 1.03. The Hall–Kier alpha value is -1.62. The number of nitrogens with one attached hydrogen (secondary N) is 1. The lowest BCUT2D eigenvalue weighted by Crippen LogP contribution is -2.31. The third kappa shape index (κ3) is 2.31. The van der Waals surface area contributed by atoms with Gasteiger partial charge < -0.3 is 5.32 Å². The van der Waals surface area contributed by atoms with E-state index in [9.17, 15) is 0 Å². The molecule has 2 aromatic rings. The van der Waals surface area contributed by atoms with E-state index < -0.39 is 0 Å². The zero-order valence-corrected chi connectivity index (χ0v) is 10.7. The maximum absolute atomic E-state index is 4.37. The zero-order valence-electron chi connectivity index (χ0n) is 10.7. The molecular weight excluding hydrogens is 226 g/mol. The van der Waals surface area contributed by atoms with E-state index in [1.54, 1.807) is 12.4 Å². The molecule has 0 bridgehead atoms. The van der Waals surface area contributed by atoms with Crippen molar-refractivity contribution in [2.75, 3.05) is 25.0 Å². The molecule has 1 N–H and O–H groups in total. The van der Waals surface area contributed by atoms with Crippen LogP contribution in [0.1, 0.15) is 19.8 Å². The van der Waals surface area contributed by atoms with Crippen LogP contribution in [-0.2, 0) is 0 Å². The predicted molar refractivity (Wildman–Crippen MR) is 71.7 cm³/mol. The summed E-state index contributed by atoms with van der Waals surface area (Å²) in [6.07, 6.45) is 8.17. The Kier molecular flexibility index (Phi) is 3.15. The Balaban J connectivity index is 1.60. The fraction of sp³-hybridized carbons (Fsp3) is 0.538. The highest BCUT2D eigenvalue weighted by Gasteiger charge is 2.27. The van der Waals surface area contributed by atoms with E-state index in [4.69, 9.17) is 0 Å². The Labute approximate surface area is 107 Å². The molecule has 0 radical (unpaired) electrons. The van der Waals surface area contributed by atoms with Crippen molar-refractivity contribution in [3.63, 3.8) is 0 Å². The number of rotatable bonds is 6. The van der Waals surface area contributed by atoms with E-state index in [-0.39, 0.29) is 0 Å². The van der Waals surface area contributed by atoms with Gasteiger partial charge >= 0.3 is 0 Å². The summed E-state index contributed by atoms with van der Waals surface area (Å²) in [6.45, 7) is 5.38. The molecule has 2 heterocycles. The average molecular weight is 245 g/mol. The monoisotopic (exact) mass is 245 g/mol. The molecular formula is C13H19N5. The van der Waals surface area contributed by atoms with Gasteiger partial charge in [-0.15, -0.1) is 0 Å². The Morgan fingerprint density at radius 2 is 2.33 bits per heavy atom. The van der Waals surface area contributed by atoms with Crippen molar-refractivity contribution in [1.29, 1.82) is 0 Å². The van der Waals surface area contributed by atoms with Crippen molar-refractivity contribution < 1.29 is 0 Å². The van der Waals surface area contributed by atoms with Crippen molar-refractivity contribution in [3.8, 4) is 0 Å². The van der Waals surface area contributed by atoms with Crippen LogP contribution in [0.3, 0.4) is 0 Å². The molecule has 5 heteroatoms. The summed E-state index contributed by atoms with van der Waals surface area (Å²) in [6, 6.07) is 2.81. The third-order valence-corrected chi connectivity index (χ3v) is 3.49. The van der Waals surface area contributed by atoms with Crippen LogP contribution >= 0.6 is 0 Å². The summed E-state index contributed by atoms with van der Waals surface area (Å²) in [5.74, 6) is 0.918. The lowest BCUT2D eigenvalue weighted by molar-refractivity contribution is 0.289. The van der Waals surface area contributed by atoms with Crippen molar-refractivity contribution in [2.24, 2.45) is 0 Å². The standard InChI is InChI=1S/C13H19N5/c1-2-17(11-3-4-11)9-7-14-13-12-5-6-16-18(12)10-8-15-13/h5-6,8,10-11H,2-4,7,9H2,1H3,(H,14,15). The average Bonchev–Trinajstić information content (AvgIpc) is 3.11. The topological polar surface area (TPSA) is 45.5 Å². The normalized spacial score (nSPS) is 15.4. The molecule has 0 saturated heterocycles. The molecule has 0 aromatic carbocycles. The highest BCUT2D eigenvalue weighted by molar-refractivity contribution is 5.66. The molecule has 0 atom stereocenters. The van der Waals surface area contributed by atoms with E-state index in [2.05, 4.69) is 27.2 Å². The second-order valence-corrected chi connectivity index (χ2v) is 4.72. The highest BCUT2D eigenvalue weighted by Crippen LogP contribution is 2.26. The summed E-state index contributed by atoms with van der Waals surface area (Å²) in [4.78, 5) is 6.90. The number of anilines is 1. The van der Waals surface area contributed by atoms with E-state index in [0.29, 0.717) is 0 Å². The van der Waals surface area contributed by atoms with Crippen LogP contribution in [0.2, 0.25) is 0 Å². The Bertz CT molecular complexity index is 517. The fourth-order valence-electron chi connectivity index (χ4n) is 2.35. The molecule has 0 spiro atoms. The van der Waals surface area contributed by atoms with Crippen LogP contribution < -0.4 is 5.32 Å². The Morgan fingerprint density at radius 3 is 3.11 bits per heavy atom. The lowest BCUT2D eigenvalue weighted by atomic mass is 10.4. The van der Waals surface area contributed by atoms with Crippen LogP contribution in [0, 0.1) is 0 Å². The van der Waals surface area contributed by atoms with Gasteiger partial charge in [0.05, 0.1) is 6.20 Å². The van der Waals surface area contributed by atoms with E-state index in [1.165, 1.54) is 12.8 Å². The largest absolute Gasteiger partial charge is 0.367 e. The van der Waals surface area contributed by atoms with Crippen LogP contribution in [0.5, 0.6) is 0 Å². The third-order valence-electron chi connectivity index (χ3n) is 3.49. The maximum Gasteiger partial charge on any atom is 0.152 e. The van der Waals surface area contributed by atoms with Gasteiger partial charge in [-0.2, -0.15) is 5.10 Å². The molecule has 0 unspecified atom stereocenters. The molecule has 3 rings (SSSR count). The van der Waals surface area contributed by atoms with Gasteiger partial charge in [0, 0.05) is 31.5 Å². The zero-order chi connectivity index (χ0) is 12.4. The van der Waals surface area contributed by atoms with Gasteiger partial charge in [-0.1, -0.05) is 6.92 Å². The van der Waals surface area contributed by atoms with Crippen molar-refractivity contribution in [1.82, 2.24) is 19.5 Å². The minimum atomic E-state index is 0.829. The van der Waals surface area contributed by atoms with E-state index >= 15 is 0 Å². The SMILES string of the molecule is CCN(CCNc1nccn2nccc12)C1CC1. The van der Waals surface area contributed by atoms with Crippen molar-refractivity contribution in [2.45, 2.75) is 25.8 Å². The maximum atomic E-state index is 4.37. The molecule has 96 valence electrons. The smallest absolute Gasteiger partial charge is 0.152 e. The minimum absolute atomic E-state index is 0.829. The van der Waals surface area contributed by atoms with Gasteiger partial charge in [0.2, 0.25) is 0 Å². The number of hydrogen-bond acceptors (Lipinski definition) is 4. The summed E-state index contributed by atoms with van der Waals surface area (Å²) < 4.78 is 1.84. The Morgan fingerprint density at radius 1 is 1.44 bits per heavy atom. The molecule has 18 heavy (non-hydrogen) atoms. The molecule has 1 fully saturated rings. The first-order chi connectivity index (χ1) is 8.88. The van der Waals surface area contributed by atoms with Gasteiger partial charge in [-0.3, -0.25) is 4.90 Å². The van der Waals surface area contributed by atoms with Crippen LogP contribution in [-0.4, -0.2) is 45.2 Å². The number of fused-ring (bicyclic) bond motifs is 1. The lowest BCUT2D eigenvalue weighted by Gasteiger charge is -2.19. The molecule has 5 nitrogen and oxygen atoms in total. The molecule has 0 aliphatic heterocycles. The molecule has 1 aliphatic carbocycles. The first-order valence-corrected chi connectivity index (χ1v) is 6.64. The number of hydrogen-bond donors (Lipinski definition) is 1. The van der Waals surface area contributed by atoms with Gasteiger partial charge in [-0.25, -0.2) is 9.50 Å². The fourth-order valence-corrected chi connectivity index (χ4v) is 2.35. The first kappa shape index (κ1) is 11.5. The van der Waals surface area contributed by atoms with Gasteiger partial charge in [-0.05, 0) is 25.5 Å². The quantitative estimate of drug-likeness (QED) is 0.840. The number of nitrogens with zero attached hydrogens (tertiary/aromatic N) is 4. The summed E-state index contributed by atoms with van der Waals surface area (Å²) in [7, 11) is 0. The predicted octanol–water partition coefficient (Wildman–Crippen LogP) is 1.63. The minimum Gasteiger partial charge on any atom is -0.367 e. The van der Waals surface area contributed by atoms with E-state index in [1.807, 2.05) is 16.8 Å². The summed E-state index contributed by atoms with van der Waals surface area (Å²) >= 11 is 0. The van der Waals surface area contributed by atoms with Gasteiger partial charge in [0.25, 0.3) is 0 Å². The number of likely N-dealkylation sites (N-methyl/N-ethyl adjacent to an activating group) is 1. The summed E-state index contributed by atoms with van der Waals surface area (Å²) in [5, 5.41) is 7.61. The highest BCUT2D eigenvalue weighted by atomic mass is 15.2. The van der Waals surface area contributed by atoms with E-state index in [0.717, 1.165) is 37.0 Å². The van der Waals surface area contributed by atoms with Gasteiger partial charge in [0.1, 0.15) is 5.52 Å². The second-order valence-electron chi connectivity index (χ2n) is 4.72. The number of aromatic nitrogens is 3. The van der Waals surface area contributed by atoms with Crippen molar-refractivity contribution >= 4 is 11.3 Å². The van der Waals surface area contributed by atoms with Crippen LogP contribution in [0.25, 0.3) is 5.52 Å². The molecule has 0 amide bonds. The first-order valence-electron chi connectivity index (χ1n) is 6.64. The van der Waals surface area contributed by atoms with Gasteiger partial charge in [0.15, 0.2) is 5.82 Å².